The van der Waals surface area contributed by atoms with Crippen LogP contribution in [0.2, 0.25) is 0 Å². The van der Waals surface area contributed by atoms with Crippen molar-refractivity contribution >= 4 is 5.97 Å². The van der Waals surface area contributed by atoms with Crippen molar-refractivity contribution in [2.24, 2.45) is 5.73 Å². The van der Waals surface area contributed by atoms with Gasteiger partial charge in [0.25, 0.3) is 0 Å². The van der Waals surface area contributed by atoms with E-state index in [1.54, 1.807) is 0 Å². The van der Waals surface area contributed by atoms with Gasteiger partial charge in [0.15, 0.2) is 0 Å². The highest BCUT2D eigenvalue weighted by atomic mass is 16.5. The van der Waals surface area contributed by atoms with Gasteiger partial charge < -0.3 is 41.6 Å². The van der Waals surface area contributed by atoms with Crippen LogP contribution in [0.25, 0.3) is 0 Å². The van der Waals surface area contributed by atoms with Crippen LogP contribution in [-0.4, -0.2) is 79.4 Å². The molecule has 2 aliphatic heterocycles. The van der Waals surface area contributed by atoms with Gasteiger partial charge in [-0.2, -0.15) is 0 Å². The van der Waals surface area contributed by atoms with Crippen LogP contribution in [0.3, 0.4) is 0 Å². The van der Waals surface area contributed by atoms with Gasteiger partial charge in [-0.3, -0.25) is 9.69 Å². The first-order chi connectivity index (χ1) is 15.4. The van der Waals surface area contributed by atoms with Gasteiger partial charge in [0.2, 0.25) is 0 Å². The number of aliphatic carboxylic acids is 1. The molecule has 2 aliphatic rings. The average molecular weight is 455 g/mol. The summed E-state index contributed by atoms with van der Waals surface area (Å²) in [5.74, 6) is -0.942. The normalized spacial score (nSPS) is 18.8. The number of nitrogens with two attached hydrogens (primary N) is 1. The smallest absolute Gasteiger partial charge is 0.320 e. The first-order valence-electron chi connectivity index (χ1n) is 11.7. The molecule has 0 radical (unpaired) electrons. The van der Waals surface area contributed by atoms with Crippen molar-refractivity contribution in [1.82, 2.24) is 26.2 Å². The zero-order valence-electron chi connectivity index (χ0n) is 19.6. The topological polar surface area (TPSA) is 133 Å². The molecule has 184 valence electrons. The molecule has 1 unspecified atom stereocenters. The molecule has 1 atom stereocenters. The molecule has 0 fully saturated rings. The van der Waals surface area contributed by atoms with E-state index in [1.807, 2.05) is 38.6 Å². The Balaban J connectivity index is 2.02. The van der Waals surface area contributed by atoms with Gasteiger partial charge in [0.05, 0.1) is 13.2 Å². The molecule has 0 bridgehead atoms. The second-order valence-electron chi connectivity index (χ2n) is 8.45. The summed E-state index contributed by atoms with van der Waals surface area (Å²) in [6.07, 6.45) is 11.5. The van der Waals surface area contributed by atoms with E-state index in [0.717, 1.165) is 45.3 Å². The summed E-state index contributed by atoms with van der Waals surface area (Å²) in [7, 11) is 0. The largest absolute Gasteiger partial charge is 0.480 e. The fourth-order valence-corrected chi connectivity index (χ4v) is 4.10. The van der Waals surface area contributed by atoms with Crippen LogP contribution in [0.15, 0.2) is 24.8 Å². The fourth-order valence-electron chi connectivity index (χ4n) is 4.10. The van der Waals surface area contributed by atoms with Gasteiger partial charge >= 0.3 is 5.97 Å². The standard InChI is InChI=1S/C22H42N6O4/c1-3-31-15-8-21(24-10-11-25-21)17-28(14-6-5-7-19(23)20(29)30)18-22(9-16-32-4-2)26-12-13-27-22/h10-13,19,24-27H,3-9,14-18,23H2,1-2H3,(H,29,30). The first kappa shape index (κ1) is 26.2. The molecule has 10 nitrogen and oxygen atoms in total. The SMILES string of the molecule is CCOCCC1(CN(CCCCC(N)C(=O)O)CC2(CCOCC)NC=CN2)NC=CN1. The quantitative estimate of drug-likeness (QED) is 0.162. The number of carbonyl (C=O) groups is 1. The zero-order valence-corrected chi connectivity index (χ0v) is 19.6. The highest BCUT2D eigenvalue weighted by Crippen LogP contribution is 2.20. The minimum atomic E-state index is -0.942. The number of hydrogen-bond donors (Lipinski definition) is 6. The molecule has 7 N–H and O–H groups in total. The monoisotopic (exact) mass is 454 g/mol. The van der Waals surface area contributed by atoms with Crippen molar-refractivity contribution in [3.63, 3.8) is 0 Å². The molecule has 10 heteroatoms. The van der Waals surface area contributed by atoms with Crippen LogP contribution in [0.5, 0.6) is 0 Å². The lowest BCUT2D eigenvalue weighted by molar-refractivity contribution is -0.138. The zero-order chi connectivity index (χ0) is 23.3. The van der Waals surface area contributed by atoms with E-state index in [2.05, 4.69) is 26.2 Å². The molecular weight excluding hydrogens is 412 g/mol. The van der Waals surface area contributed by atoms with Crippen molar-refractivity contribution in [3.8, 4) is 0 Å². The maximum Gasteiger partial charge on any atom is 0.320 e. The molecule has 0 amide bonds. The molecule has 0 aromatic carbocycles. The molecule has 0 aromatic heterocycles. The summed E-state index contributed by atoms with van der Waals surface area (Å²) >= 11 is 0. The van der Waals surface area contributed by atoms with Gasteiger partial charge in [0.1, 0.15) is 17.4 Å². The van der Waals surface area contributed by atoms with Crippen LogP contribution < -0.4 is 27.0 Å². The minimum absolute atomic E-state index is 0.306. The number of nitrogens with zero attached hydrogens (tertiary/aromatic N) is 1. The van der Waals surface area contributed by atoms with E-state index < -0.39 is 12.0 Å². The maximum atomic E-state index is 11.0. The molecular formula is C22H42N6O4. The Hall–Kier alpha value is -2.01. The van der Waals surface area contributed by atoms with E-state index in [9.17, 15) is 4.79 Å². The van der Waals surface area contributed by atoms with E-state index in [1.165, 1.54) is 0 Å². The van der Waals surface area contributed by atoms with Gasteiger partial charge in [-0.25, -0.2) is 0 Å². The van der Waals surface area contributed by atoms with Crippen LogP contribution >= 0.6 is 0 Å². The Labute approximate surface area is 191 Å². The number of ether oxygens (including phenoxy) is 2. The number of unbranched alkanes of at least 4 members (excludes halogenated alkanes) is 1. The molecule has 32 heavy (non-hydrogen) atoms. The Morgan fingerprint density at radius 3 is 1.81 bits per heavy atom. The number of rotatable bonds is 18. The predicted octanol–water partition coefficient (Wildman–Crippen LogP) is 0.444. The first-order valence-corrected chi connectivity index (χ1v) is 11.7. The fraction of sp³-hybridized carbons (Fsp3) is 0.773. The third-order valence-corrected chi connectivity index (χ3v) is 5.90. The molecule has 2 heterocycles. The lowest BCUT2D eigenvalue weighted by Crippen LogP contribution is -2.63. The molecule has 0 aromatic rings. The summed E-state index contributed by atoms with van der Waals surface area (Å²) in [6.45, 7) is 9.05. The third-order valence-electron chi connectivity index (χ3n) is 5.90. The second kappa shape index (κ2) is 13.5. The van der Waals surface area contributed by atoms with Crippen molar-refractivity contribution < 1.29 is 19.4 Å². The summed E-state index contributed by atoms with van der Waals surface area (Å²) in [4.78, 5) is 13.4. The van der Waals surface area contributed by atoms with Crippen LogP contribution in [0.1, 0.15) is 46.0 Å². The van der Waals surface area contributed by atoms with Gasteiger partial charge in [-0.05, 0) is 33.2 Å². The Morgan fingerprint density at radius 2 is 1.41 bits per heavy atom. The minimum Gasteiger partial charge on any atom is -0.480 e. The predicted molar refractivity (Wildman–Crippen MR) is 124 cm³/mol. The van der Waals surface area contributed by atoms with Crippen LogP contribution in [0.4, 0.5) is 0 Å². The third kappa shape index (κ3) is 8.50. The average Bonchev–Trinajstić information content (AvgIpc) is 3.42. The van der Waals surface area contributed by atoms with Crippen molar-refractivity contribution in [1.29, 1.82) is 0 Å². The van der Waals surface area contributed by atoms with Gasteiger partial charge in [-0.15, -0.1) is 0 Å². The summed E-state index contributed by atoms with van der Waals surface area (Å²) in [5, 5.41) is 23.0. The van der Waals surface area contributed by atoms with Crippen molar-refractivity contribution in [2.45, 2.75) is 63.3 Å². The lowest BCUT2D eigenvalue weighted by atomic mass is 10.0. The number of carboxylic acid groups (broad SMARTS) is 1. The molecule has 0 saturated carbocycles. The van der Waals surface area contributed by atoms with E-state index >= 15 is 0 Å². The van der Waals surface area contributed by atoms with Crippen LogP contribution in [0, 0.1) is 0 Å². The molecule has 2 rings (SSSR count). The number of nitrogens with one attached hydrogen (secondary N) is 4. The molecule has 0 spiro atoms. The van der Waals surface area contributed by atoms with E-state index in [0.29, 0.717) is 32.8 Å². The van der Waals surface area contributed by atoms with Gasteiger partial charge in [0, 0.05) is 63.9 Å². The Kier molecular flexibility index (Phi) is 11.1. The highest BCUT2D eigenvalue weighted by molar-refractivity contribution is 5.72. The molecule has 0 aliphatic carbocycles. The number of hydrogen-bond acceptors (Lipinski definition) is 9. The summed E-state index contributed by atoms with van der Waals surface area (Å²) < 4.78 is 11.2. The summed E-state index contributed by atoms with van der Waals surface area (Å²) in [6, 6.07) is -0.803. The maximum absolute atomic E-state index is 11.0. The summed E-state index contributed by atoms with van der Waals surface area (Å²) in [5.41, 5.74) is 5.07. The van der Waals surface area contributed by atoms with Gasteiger partial charge in [-0.1, -0.05) is 6.42 Å². The van der Waals surface area contributed by atoms with E-state index in [4.69, 9.17) is 20.3 Å². The van der Waals surface area contributed by atoms with Crippen molar-refractivity contribution in [2.75, 3.05) is 46.1 Å². The van der Waals surface area contributed by atoms with Crippen molar-refractivity contribution in [3.05, 3.63) is 24.8 Å². The Bertz CT molecular complexity index is 561. The second-order valence-corrected chi connectivity index (χ2v) is 8.45. The Morgan fingerprint density at radius 1 is 0.938 bits per heavy atom. The van der Waals surface area contributed by atoms with E-state index in [-0.39, 0.29) is 11.3 Å². The van der Waals surface area contributed by atoms with Crippen LogP contribution in [-0.2, 0) is 14.3 Å². The lowest BCUT2D eigenvalue weighted by Gasteiger charge is -2.41. The molecule has 0 saturated heterocycles. The number of carboxylic acids is 1. The highest BCUT2D eigenvalue weighted by Gasteiger charge is 2.37.